The minimum atomic E-state index is -0.434. The molecule has 1 aliphatic rings. The van der Waals surface area contributed by atoms with E-state index in [9.17, 15) is 5.11 Å². The molecule has 0 aromatic carbocycles. The molecule has 0 aliphatic carbocycles. The number of hydrogen-bond donors (Lipinski definition) is 1. The Morgan fingerprint density at radius 3 is 2.41 bits per heavy atom. The topological polar surface area (TPSA) is 36.4 Å². The average Bonchev–Trinajstić information content (AvgIpc) is 2.28. The normalized spacial score (nSPS) is 26.9. The first kappa shape index (κ1) is 12.4. The molecule has 0 saturated carbocycles. The van der Waals surface area contributed by atoms with Crippen LogP contribution in [0.25, 0.3) is 0 Å². The zero-order chi connectivity index (χ0) is 12.4. The number of nitrogens with zero attached hydrogens (tertiary/aromatic N) is 2. The van der Waals surface area contributed by atoms with Crippen LogP contribution in [0.15, 0.2) is 18.3 Å². The maximum Gasteiger partial charge on any atom is 0.128 e. The molecular formula is C14H22N2O. The quantitative estimate of drug-likeness (QED) is 0.854. The van der Waals surface area contributed by atoms with Gasteiger partial charge in [-0.05, 0) is 36.8 Å². The van der Waals surface area contributed by atoms with Crippen LogP contribution < -0.4 is 4.90 Å². The highest BCUT2D eigenvalue weighted by atomic mass is 16.3. The zero-order valence-corrected chi connectivity index (χ0v) is 10.9. The highest BCUT2D eigenvalue weighted by Crippen LogP contribution is 2.25. The van der Waals surface area contributed by atoms with E-state index in [4.69, 9.17) is 0 Å². The first-order valence-corrected chi connectivity index (χ1v) is 6.45. The lowest BCUT2D eigenvalue weighted by atomic mass is 9.92. The number of pyridine rings is 1. The van der Waals surface area contributed by atoms with E-state index in [1.54, 1.807) is 13.1 Å². The van der Waals surface area contributed by atoms with Crippen molar-refractivity contribution in [2.24, 2.45) is 11.8 Å². The van der Waals surface area contributed by atoms with Crippen molar-refractivity contribution in [1.82, 2.24) is 4.98 Å². The lowest BCUT2D eigenvalue weighted by Gasteiger charge is -2.35. The van der Waals surface area contributed by atoms with Crippen molar-refractivity contribution >= 4 is 5.82 Å². The molecule has 94 valence electrons. The third-order valence-corrected chi connectivity index (χ3v) is 3.45. The monoisotopic (exact) mass is 234 g/mol. The van der Waals surface area contributed by atoms with Gasteiger partial charge in [-0.15, -0.1) is 0 Å². The standard InChI is InChI=1S/C14H22N2O/c1-10-6-11(2)9-16(8-10)14-5-4-13(7-15-14)12(3)17/h4-5,7,10-12,17H,6,8-9H2,1-3H3. The molecule has 17 heavy (non-hydrogen) atoms. The second-order valence-electron chi connectivity index (χ2n) is 5.48. The van der Waals surface area contributed by atoms with Crippen LogP contribution in [0.3, 0.4) is 0 Å². The first-order valence-electron chi connectivity index (χ1n) is 6.45. The van der Waals surface area contributed by atoms with Crippen molar-refractivity contribution in [3.63, 3.8) is 0 Å². The van der Waals surface area contributed by atoms with Crippen LogP contribution in [0.4, 0.5) is 5.82 Å². The second kappa shape index (κ2) is 5.05. The Hall–Kier alpha value is -1.09. The second-order valence-corrected chi connectivity index (χ2v) is 5.48. The number of piperidine rings is 1. The summed E-state index contributed by atoms with van der Waals surface area (Å²) in [5.41, 5.74) is 0.881. The van der Waals surface area contributed by atoms with Gasteiger partial charge in [-0.2, -0.15) is 0 Å². The fourth-order valence-corrected chi connectivity index (χ4v) is 2.68. The highest BCUT2D eigenvalue weighted by Gasteiger charge is 2.22. The van der Waals surface area contributed by atoms with Gasteiger partial charge in [0.05, 0.1) is 6.10 Å². The predicted molar refractivity (Wildman–Crippen MR) is 70.0 cm³/mol. The van der Waals surface area contributed by atoms with Gasteiger partial charge in [-0.25, -0.2) is 4.98 Å². The molecule has 2 heterocycles. The van der Waals surface area contributed by atoms with Crippen molar-refractivity contribution in [3.8, 4) is 0 Å². The Morgan fingerprint density at radius 2 is 1.94 bits per heavy atom. The van der Waals surface area contributed by atoms with Crippen molar-refractivity contribution in [2.45, 2.75) is 33.3 Å². The van der Waals surface area contributed by atoms with Crippen LogP contribution in [0.1, 0.15) is 38.9 Å². The largest absolute Gasteiger partial charge is 0.389 e. The molecule has 3 atom stereocenters. The maximum atomic E-state index is 9.46. The van der Waals surface area contributed by atoms with Crippen molar-refractivity contribution < 1.29 is 5.11 Å². The van der Waals surface area contributed by atoms with Gasteiger partial charge in [0.1, 0.15) is 5.82 Å². The number of rotatable bonds is 2. The zero-order valence-electron chi connectivity index (χ0n) is 10.9. The van der Waals surface area contributed by atoms with Crippen LogP contribution in [0.5, 0.6) is 0 Å². The third kappa shape index (κ3) is 2.97. The molecule has 3 unspecified atom stereocenters. The van der Waals surface area contributed by atoms with Crippen LogP contribution in [-0.2, 0) is 0 Å². The molecule has 0 amide bonds. The highest BCUT2D eigenvalue weighted by molar-refractivity contribution is 5.40. The molecular weight excluding hydrogens is 212 g/mol. The van der Waals surface area contributed by atoms with E-state index in [1.807, 2.05) is 12.1 Å². The Labute approximate surface area is 103 Å². The summed E-state index contributed by atoms with van der Waals surface area (Å²) in [4.78, 5) is 6.81. The van der Waals surface area contributed by atoms with Gasteiger partial charge in [-0.3, -0.25) is 0 Å². The fraction of sp³-hybridized carbons (Fsp3) is 0.643. The number of aliphatic hydroxyl groups is 1. The molecule has 3 nitrogen and oxygen atoms in total. The molecule has 0 spiro atoms. The van der Waals surface area contributed by atoms with E-state index < -0.39 is 6.10 Å². The van der Waals surface area contributed by atoms with Gasteiger partial charge in [-0.1, -0.05) is 19.9 Å². The minimum absolute atomic E-state index is 0.434. The van der Waals surface area contributed by atoms with Crippen molar-refractivity contribution in [2.75, 3.05) is 18.0 Å². The summed E-state index contributed by atoms with van der Waals surface area (Å²) < 4.78 is 0. The number of anilines is 1. The Kier molecular flexibility index (Phi) is 3.67. The van der Waals surface area contributed by atoms with E-state index in [1.165, 1.54) is 6.42 Å². The molecule has 3 heteroatoms. The van der Waals surface area contributed by atoms with Crippen LogP contribution in [0, 0.1) is 11.8 Å². The van der Waals surface area contributed by atoms with Crippen molar-refractivity contribution in [3.05, 3.63) is 23.9 Å². The number of aromatic nitrogens is 1. The van der Waals surface area contributed by atoms with Crippen LogP contribution in [-0.4, -0.2) is 23.2 Å². The van der Waals surface area contributed by atoms with Gasteiger partial charge in [0.15, 0.2) is 0 Å². The molecule has 1 aliphatic heterocycles. The van der Waals surface area contributed by atoms with Gasteiger partial charge in [0, 0.05) is 19.3 Å². The van der Waals surface area contributed by atoms with Gasteiger partial charge in [0.2, 0.25) is 0 Å². The Balaban J connectivity index is 2.11. The number of aliphatic hydroxyl groups excluding tert-OH is 1. The maximum absolute atomic E-state index is 9.46. The van der Waals surface area contributed by atoms with Crippen molar-refractivity contribution in [1.29, 1.82) is 0 Å². The molecule has 1 fully saturated rings. The molecule has 1 aromatic heterocycles. The minimum Gasteiger partial charge on any atom is -0.389 e. The molecule has 2 rings (SSSR count). The van der Waals surface area contributed by atoms with Crippen LogP contribution in [0.2, 0.25) is 0 Å². The van der Waals surface area contributed by atoms with Gasteiger partial charge < -0.3 is 10.0 Å². The predicted octanol–water partition coefficient (Wildman–Crippen LogP) is 2.62. The van der Waals surface area contributed by atoms with Gasteiger partial charge in [0.25, 0.3) is 0 Å². The van der Waals surface area contributed by atoms with E-state index in [-0.39, 0.29) is 0 Å². The fourth-order valence-electron chi connectivity index (χ4n) is 2.68. The van der Waals surface area contributed by atoms with Gasteiger partial charge >= 0.3 is 0 Å². The Bertz CT molecular complexity index is 351. The van der Waals surface area contributed by atoms with E-state index in [0.29, 0.717) is 0 Å². The molecule has 1 saturated heterocycles. The summed E-state index contributed by atoms with van der Waals surface area (Å²) >= 11 is 0. The summed E-state index contributed by atoms with van der Waals surface area (Å²) in [6.07, 6.45) is 2.65. The summed E-state index contributed by atoms with van der Waals surface area (Å²) in [6, 6.07) is 3.99. The first-order chi connectivity index (χ1) is 8.06. The van der Waals surface area contributed by atoms with E-state index in [2.05, 4.69) is 23.7 Å². The lowest BCUT2D eigenvalue weighted by molar-refractivity contribution is 0.199. The Morgan fingerprint density at radius 1 is 1.29 bits per heavy atom. The SMILES string of the molecule is CC1CC(C)CN(c2ccc(C(C)O)cn2)C1. The summed E-state index contributed by atoms with van der Waals surface area (Å²) in [5.74, 6) is 2.50. The smallest absolute Gasteiger partial charge is 0.128 e. The lowest BCUT2D eigenvalue weighted by Crippen LogP contribution is -2.39. The molecule has 1 N–H and O–H groups in total. The summed E-state index contributed by atoms with van der Waals surface area (Å²) in [7, 11) is 0. The third-order valence-electron chi connectivity index (χ3n) is 3.45. The number of hydrogen-bond acceptors (Lipinski definition) is 3. The summed E-state index contributed by atoms with van der Waals surface area (Å²) in [5, 5.41) is 9.46. The average molecular weight is 234 g/mol. The van der Waals surface area contributed by atoms with E-state index >= 15 is 0 Å². The van der Waals surface area contributed by atoms with E-state index in [0.717, 1.165) is 36.3 Å². The van der Waals surface area contributed by atoms with Crippen LogP contribution >= 0.6 is 0 Å². The molecule has 0 bridgehead atoms. The molecule has 0 radical (unpaired) electrons. The summed E-state index contributed by atoms with van der Waals surface area (Å²) in [6.45, 7) is 8.54. The molecule has 1 aromatic rings.